The second-order valence-electron chi connectivity index (χ2n) is 4.04. The minimum absolute atomic E-state index is 0.121. The predicted octanol–water partition coefficient (Wildman–Crippen LogP) is 0.884. The zero-order valence-corrected chi connectivity index (χ0v) is 9.62. The number of nitrogens with one attached hydrogen (secondary N) is 1. The summed E-state index contributed by atoms with van der Waals surface area (Å²) in [5, 5.41) is 11.1. The number of aryl methyl sites for hydroxylation is 2. The first-order valence-corrected chi connectivity index (χ1v) is 4.74. The summed E-state index contributed by atoms with van der Waals surface area (Å²) in [7, 11) is 0. The Balaban J connectivity index is 2.84. The van der Waals surface area contributed by atoms with E-state index in [1.165, 1.54) is 13.8 Å². The Hall–Kier alpha value is -1.85. The molecule has 0 spiro atoms. The van der Waals surface area contributed by atoms with Gasteiger partial charge in [0.1, 0.15) is 11.3 Å². The molecule has 0 aliphatic rings. The van der Waals surface area contributed by atoms with Gasteiger partial charge in [0.05, 0.1) is 5.69 Å². The number of aromatic nitrogens is 1. The lowest BCUT2D eigenvalue weighted by atomic mass is 10.1. The van der Waals surface area contributed by atoms with Crippen molar-refractivity contribution in [2.45, 2.75) is 33.2 Å². The molecule has 1 heterocycles. The number of aliphatic carboxylic acids is 1. The molecule has 0 saturated carbocycles. The number of carbonyl (C=O) groups excluding carboxylic acids is 1. The molecule has 1 aromatic heterocycles. The van der Waals surface area contributed by atoms with Crippen LogP contribution in [0, 0.1) is 13.8 Å². The number of amides is 1. The SMILES string of the molecule is Cc1nc(C(=O)NC(C)(C)C(=O)O)oc1C. The summed E-state index contributed by atoms with van der Waals surface area (Å²) in [6.07, 6.45) is 0. The van der Waals surface area contributed by atoms with E-state index in [1.807, 2.05) is 0 Å². The van der Waals surface area contributed by atoms with E-state index in [0.717, 1.165) is 0 Å². The highest BCUT2D eigenvalue weighted by molar-refractivity contribution is 5.94. The van der Waals surface area contributed by atoms with Gasteiger partial charge in [0.25, 0.3) is 5.89 Å². The number of hydrogen-bond acceptors (Lipinski definition) is 4. The Morgan fingerprint density at radius 3 is 2.31 bits per heavy atom. The number of nitrogens with zero attached hydrogens (tertiary/aromatic N) is 1. The first-order valence-electron chi connectivity index (χ1n) is 4.74. The van der Waals surface area contributed by atoms with Gasteiger partial charge in [-0.25, -0.2) is 9.78 Å². The molecule has 1 rings (SSSR count). The van der Waals surface area contributed by atoms with Gasteiger partial charge in [-0.2, -0.15) is 0 Å². The smallest absolute Gasteiger partial charge is 0.328 e. The minimum atomic E-state index is -1.35. The van der Waals surface area contributed by atoms with Crippen LogP contribution in [0.2, 0.25) is 0 Å². The van der Waals surface area contributed by atoms with Crippen LogP contribution < -0.4 is 5.32 Å². The van der Waals surface area contributed by atoms with Gasteiger partial charge in [0.2, 0.25) is 0 Å². The Morgan fingerprint density at radius 2 is 1.94 bits per heavy atom. The fraction of sp³-hybridized carbons (Fsp3) is 0.500. The Morgan fingerprint density at radius 1 is 1.38 bits per heavy atom. The van der Waals surface area contributed by atoms with Crippen LogP contribution in [-0.2, 0) is 4.79 Å². The van der Waals surface area contributed by atoms with Crippen molar-refractivity contribution in [3.05, 3.63) is 17.3 Å². The molecule has 0 fully saturated rings. The summed E-state index contributed by atoms with van der Waals surface area (Å²) < 4.78 is 5.09. The van der Waals surface area contributed by atoms with Gasteiger partial charge in [-0.3, -0.25) is 4.79 Å². The van der Waals surface area contributed by atoms with Crippen LogP contribution in [0.3, 0.4) is 0 Å². The highest BCUT2D eigenvalue weighted by Crippen LogP contribution is 2.10. The Labute approximate surface area is 92.7 Å². The summed E-state index contributed by atoms with van der Waals surface area (Å²) in [5.41, 5.74) is -0.744. The predicted molar refractivity (Wildman–Crippen MR) is 55.2 cm³/mol. The van der Waals surface area contributed by atoms with Crippen LogP contribution in [0.1, 0.15) is 36.0 Å². The molecule has 0 unspecified atom stereocenters. The van der Waals surface area contributed by atoms with E-state index in [9.17, 15) is 9.59 Å². The zero-order chi connectivity index (χ0) is 12.5. The lowest BCUT2D eigenvalue weighted by Gasteiger charge is -2.19. The van der Waals surface area contributed by atoms with Crippen molar-refractivity contribution in [2.75, 3.05) is 0 Å². The summed E-state index contributed by atoms with van der Waals surface area (Å²) in [4.78, 5) is 26.3. The van der Waals surface area contributed by atoms with E-state index in [1.54, 1.807) is 13.8 Å². The van der Waals surface area contributed by atoms with Crippen LogP contribution in [-0.4, -0.2) is 27.5 Å². The van der Waals surface area contributed by atoms with Crippen LogP contribution in [0.4, 0.5) is 0 Å². The third-order valence-corrected chi connectivity index (χ3v) is 2.18. The molecule has 1 aromatic rings. The highest BCUT2D eigenvalue weighted by atomic mass is 16.4. The second kappa shape index (κ2) is 3.96. The van der Waals surface area contributed by atoms with Crippen molar-refractivity contribution < 1.29 is 19.1 Å². The molecule has 1 amide bonds. The lowest BCUT2D eigenvalue weighted by molar-refractivity contribution is -0.143. The molecule has 16 heavy (non-hydrogen) atoms. The summed E-state index contributed by atoms with van der Waals surface area (Å²) in [6, 6.07) is 0. The number of carboxylic acid groups (broad SMARTS) is 1. The van der Waals surface area contributed by atoms with Gasteiger partial charge >= 0.3 is 11.9 Å². The van der Waals surface area contributed by atoms with Crippen molar-refractivity contribution in [1.29, 1.82) is 0 Å². The molecule has 0 aliphatic carbocycles. The zero-order valence-electron chi connectivity index (χ0n) is 9.62. The van der Waals surface area contributed by atoms with Gasteiger partial charge in [-0.05, 0) is 27.7 Å². The fourth-order valence-corrected chi connectivity index (χ4v) is 0.961. The standard InChI is InChI=1S/C10H14N2O4/c1-5-6(2)16-8(11-5)7(13)12-10(3,4)9(14)15/h1-4H3,(H,12,13)(H,14,15). The van der Waals surface area contributed by atoms with E-state index in [0.29, 0.717) is 11.5 Å². The molecule has 6 nitrogen and oxygen atoms in total. The Bertz CT molecular complexity index is 415. The minimum Gasteiger partial charge on any atom is -0.480 e. The fourth-order valence-electron chi connectivity index (χ4n) is 0.961. The van der Waals surface area contributed by atoms with Crippen molar-refractivity contribution in [3.8, 4) is 0 Å². The first-order chi connectivity index (χ1) is 7.24. The monoisotopic (exact) mass is 226 g/mol. The number of carbonyl (C=O) groups is 2. The molecule has 0 radical (unpaired) electrons. The molecule has 0 aliphatic heterocycles. The highest BCUT2D eigenvalue weighted by Gasteiger charge is 2.31. The van der Waals surface area contributed by atoms with Gasteiger partial charge in [-0.15, -0.1) is 0 Å². The van der Waals surface area contributed by atoms with E-state index >= 15 is 0 Å². The van der Waals surface area contributed by atoms with E-state index in [2.05, 4.69) is 10.3 Å². The summed E-state index contributed by atoms with van der Waals surface area (Å²) in [5.74, 6) is -1.34. The van der Waals surface area contributed by atoms with Gasteiger partial charge in [0, 0.05) is 0 Å². The quantitative estimate of drug-likeness (QED) is 0.798. The van der Waals surface area contributed by atoms with Crippen molar-refractivity contribution in [3.63, 3.8) is 0 Å². The molecule has 88 valence electrons. The normalized spacial score (nSPS) is 11.2. The molecule has 0 saturated heterocycles. The molecule has 0 bridgehead atoms. The van der Waals surface area contributed by atoms with Crippen molar-refractivity contribution in [1.82, 2.24) is 10.3 Å². The molecular weight excluding hydrogens is 212 g/mol. The number of rotatable bonds is 3. The van der Waals surface area contributed by atoms with E-state index in [-0.39, 0.29) is 5.89 Å². The first kappa shape index (κ1) is 12.2. The third-order valence-electron chi connectivity index (χ3n) is 2.18. The molecule has 2 N–H and O–H groups in total. The number of oxazole rings is 1. The number of hydrogen-bond donors (Lipinski definition) is 2. The maximum atomic E-state index is 11.6. The average molecular weight is 226 g/mol. The van der Waals surface area contributed by atoms with Crippen molar-refractivity contribution >= 4 is 11.9 Å². The molecule has 0 aromatic carbocycles. The largest absolute Gasteiger partial charge is 0.480 e. The van der Waals surface area contributed by atoms with Crippen LogP contribution in [0.15, 0.2) is 4.42 Å². The van der Waals surface area contributed by atoms with Crippen molar-refractivity contribution in [2.24, 2.45) is 0 Å². The molecule has 0 atom stereocenters. The van der Waals surface area contributed by atoms with Crippen LogP contribution in [0.25, 0.3) is 0 Å². The maximum Gasteiger partial charge on any atom is 0.328 e. The van der Waals surface area contributed by atoms with Gasteiger partial charge in [-0.1, -0.05) is 0 Å². The van der Waals surface area contributed by atoms with Gasteiger partial charge < -0.3 is 14.8 Å². The van der Waals surface area contributed by atoms with Crippen LogP contribution >= 0.6 is 0 Å². The number of carboxylic acids is 1. The van der Waals surface area contributed by atoms with E-state index < -0.39 is 17.4 Å². The lowest BCUT2D eigenvalue weighted by Crippen LogP contribution is -2.49. The summed E-state index contributed by atoms with van der Waals surface area (Å²) in [6.45, 7) is 6.16. The second-order valence-corrected chi connectivity index (χ2v) is 4.04. The van der Waals surface area contributed by atoms with E-state index in [4.69, 9.17) is 9.52 Å². The van der Waals surface area contributed by atoms with Crippen LogP contribution in [0.5, 0.6) is 0 Å². The van der Waals surface area contributed by atoms with Gasteiger partial charge in [0.15, 0.2) is 0 Å². The maximum absolute atomic E-state index is 11.6. The third kappa shape index (κ3) is 2.39. The average Bonchev–Trinajstić information content (AvgIpc) is 2.46. The topological polar surface area (TPSA) is 92.4 Å². The Kier molecular flexibility index (Phi) is 3.02. The molecule has 6 heteroatoms. The molecular formula is C10H14N2O4. The summed E-state index contributed by atoms with van der Waals surface area (Å²) >= 11 is 0.